The fourth-order valence-corrected chi connectivity index (χ4v) is 6.77. The van der Waals surface area contributed by atoms with Crippen LogP contribution in [0.2, 0.25) is 5.02 Å². The van der Waals surface area contributed by atoms with Crippen molar-refractivity contribution in [3.05, 3.63) is 117 Å². The van der Waals surface area contributed by atoms with Crippen LogP contribution in [-0.4, -0.2) is 30.9 Å². The molecule has 3 aromatic carbocycles. The lowest BCUT2D eigenvalue weighted by Crippen LogP contribution is -2.39. The number of hydrogen-bond donors (Lipinski definition) is 0. The van der Waals surface area contributed by atoms with E-state index in [0.29, 0.717) is 55.0 Å². The fourth-order valence-electron chi connectivity index (χ4n) is 4.93. The normalized spacial score (nSPS) is 14.6. The van der Waals surface area contributed by atoms with Crippen LogP contribution in [0.3, 0.4) is 0 Å². The van der Waals surface area contributed by atoms with Crippen LogP contribution in [0.15, 0.2) is 81.7 Å². The summed E-state index contributed by atoms with van der Waals surface area (Å²) in [5.41, 5.74) is 2.72. The first kappa shape index (κ1) is 31.8. The molecule has 228 valence electrons. The third-order valence-corrected chi connectivity index (χ3v) is 8.88. The Labute approximate surface area is 277 Å². The van der Waals surface area contributed by atoms with Gasteiger partial charge in [-0.05, 0) is 85.3 Å². The van der Waals surface area contributed by atoms with Crippen molar-refractivity contribution >= 4 is 57.6 Å². The molecule has 4 aromatic rings. The molecule has 11 heteroatoms. The Morgan fingerprint density at radius 3 is 2.52 bits per heavy atom. The largest absolute Gasteiger partial charge is 0.494 e. The second-order valence-electron chi connectivity index (χ2n) is 9.71. The summed E-state index contributed by atoms with van der Waals surface area (Å²) < 4.78 is 25.8. The Hall–Kier alpha value is -3.61. The van der Waals surface area contributed by atoms with Crippen LogP contribution in [-0.2, 0) is 16.1 Å². The topological polar surface area (TPSA) is 88.4 Å². The molecule has 0 N–H and O–H groups in total. The maximum atomic E-state index is 14.2. The summed E-state index contributed by atoms with van der Waals surface area (Å²) in [5.74, 6) is 1.18. The fraction of sp³-hybridized carbons (Fsp3) is 0.242. The van der Waals surface area contributed by atoms with E-state index in [9.17, 15) is 9.59 Å². The minimum atomic E-state index is -0.732. The summed E-state index contributed by atoms with van der Waals surface area (Å²) in [6.07, 6.45) is 1.77. The molecule has 1 aliphatic heterocycles. The van der Waals surface area contributed by atoms with Gasteiger partial charge in [-0.15, -0.1) is 0 Å². The number of thiazole rings is 1. The van der Waals surface area contributed by atoms with Crippen LogP contribution in [0, 0.1) is 3.57 Å². The standard InChI is InChI=1S/C33H30ClIN2O6S/c1-5-41-24-13-11-20(12-14-24)29-28(32(39)42-6-2)19(3)36-33-37(29)31(38)27(44-33)16-22-15-23(35)17-26(40-4)30(22)43-18-21-9-7-8-10-25(21)34/h7-17,29H,5-6,18H2,1-4H3/b27-16-/t29-/m1/s1. The third-order valence-electron chi connectivity index (χ3n) is 6.91. The summed E-state index contributed by atoms with van der Waals surface area (Å²) in [6.45, 7) is 6.34. The molecule has 1 aromatic heterocycles. The van der Waals surface area contributed by atoms with Crippen molar-refractivity contribution in [2.75, 3.05) is 20.3 Å². The lowest BCUT2D eigenvalue weighted by molar-refractivity contribution is -0.139. The summed E-state index contributed by atoms with van der Waals surface area (Å²) in [6, 6.07) is 17.9. The SMILES string of the molecule is CCOC(=O)C1=C(C)N=c2s/c(=C\c3cc(I)cc(OC)c3OCc3ccccc3Cl)c(=O)n2[C@@H]1c1ccc(OCC)cc1. The van der Waals surface area contributed by atoms with Gasteiger partial charge < -0.3 is 18.9 Å². The van der Waals surface area contributed by atoms with E-state index >= 15 is 0 Å². The van der Waals surface area contributed by atoms with Gasteiger partial charge in [0, 0.05) is 19.7 Å². The van der Waals surface area contributed by atoms with Crippen LogP contribution in [0.1, 0.15) is 43.5 Å². The third kappa shape index (κ3) is 6.57. The maximum absolute atomic E-state index is 14.2. The second kappa shape index (κ2) is 14.0. The van der Waals surface area contributed by atoms with Gasteiger partial charge in [-0.2, -0.15) is 0 Å². The lowest BCUT2D eigenvalue weighted by Gasteiger charge is -2.24. The first-order valence-electron chi connectivity index (χ1n) is 13.9. The van der Waals surface area contributed by atoms with Crippen molar-refractivity contribution in [1.29, 1.82) is 0 Å². The molecule has 2 heterocycles. The van der Waals surface area contributed by atoms with Crippen LogP contribution >= 0.6 is 45.5 Å². The average Bonchev–Trinajstić information content (AvgIpc) is 3.30. The molecule has 0 amide bonds. The Kier molecular flexibility index (Phi) is 10.1. The van der Waals surface area contributed by atoms with Gasteiger partial charge in [-0.3, -0.25) is 9.36 Å². The van der Waals surface area contributed by atoms with Gasteiger partial charge >= 0.3 is 5.97 Å². The summed E-state index contributed by atoms with van der Waals surface area (Å²) >= 11 is 9.81. The molecule has 0 saturated carbocycles. The van der Waals surface area contributed by atoms with Crippen LogP contribution in [0.5, 0.6) is 17.2 Å². The van der Waals surface area contributed by atoms with Crippen molar-refractivity contribution in [2.45, 2.75) is 33.4 Å². The predicted octanol–water partition coefficient (Wildman–Crippen LogP) is 6.04. The molecule has 8 nitrogen and oxygen atoms in total. The first-order chi connectivity index (χ1) is 21.2. The van der Waals surface area contributed by atoms with Crippen LogP contribution < -0.4 is 29.1 Å². The molecule has 0 radical (unpaired) electrons. The van der Waals surface area contributed by atoms with Gasteiger partial charge in [0.15, 0.2) is 16.3 Å². The predicted molar refractivity (Wildman–Crippen MR) is 180 cm³/mol. The van der Waals surface area contributed by atoms with Gasteiger partial charge in [0.2, 0.25) is 0 Å². The van der Waals surface area contributed by atoms with Crippen molar-refractivity contribution in [3.63, 3.8) is 0 Å². The number of methoxy groups -OCH3 is 1. The molecule has 1 aliphatic rings. The van der Waals surface area contributed by atoms with Crippen molar-refractivity contribution < 1.29 is 23.7 Å². The zero-order valence-electron chi connectivity index (χ0n) is 24.6. The minimum absolute atomic E-state index is 0.196. The molecule has 0 fully saturated rings. The van der Waals surface area contributed by atoms with Gasteiger partial charge in [0.1, 0.15) is 12.4 Å². The number of esters is 1. The number of benzene rings is 3. The second-order valence-corrected chi connectivity index (χ2v) is 12.4. The van der Waals surface area contributed by atoms with E-state index in [-0.39, 0.29) is 18.8 Å². The zero-order valence-corrected chi connectivity index (χ0v) is 28.3. The van der Waals surface area contributed by atoms with Gasteiger partial charge in [-0.25, -0.2) is 9.79 Å². The van der Waals surface area contributed by atoms with Crippen LogP contribution in [0.4, 0.5) is 0 Å². The molecule has 0 aliphatic carbocycles. The summed E-state index contributed by atoms with van der Waals surface area (Å²) in [5, 5.41) is 0.592. The monoisotopic (exact) mass is 744 g/mol. The number of carbonyl (C=O) groups is 1. The van der Waals surface area contributed by atoms with E-state index in [2.05, 4.69) is 27.6 Å². The number of nitrogens with zero attached hydrogens (tertiary/aromatic N) is 2. The molecule has 5 rings (SSSR count). The van der Waals surface area contributed by atoms with Crippen molar-refractivity contribution in [1.82, 2.24) is 4.57 Å². The number of halogens is 2. The highest BCUT2D eigenvalue weighted by Crippen LogP contribution is 2.36. The highest BCUT2D eigenvalue weighted by atomic mass is 127. The van der Waals surface area contributed by atoms with Crippen molar-refractivity contribution in [2.24, 2.45) is 4.99 Å². The van der Waals surface area contributed by atoms with Gasteiger partial charge in [-0.1, -0.05) is 53.3 Å². The number of fused-ring (bicyclic) bond motifs is 1. The zero-order chi connectivity index (χ0) is 31.4. The molecule has 1 atom stereocenters. The Balaban J connectivity index is 1.66. The van der Waals surface area contributed by atoms with Crippen LogP contribution in [0.25, 0.3) is 6.08 Å². The minimum Gasteiger partial charge on any atom is -0.494 e. The van der Waals surface area contributed by atoms with E-state index < -0.39 is 12.0 Å². The molecule has 0 unspecified atom stereocenters. The lowest BCUT2D eigenvalue weighted by atomic mass is 9.96. The number of carbonyl (C=O) groups excluding carboxylic acids is 1. The molecule has 0 saturated heterocycles. The molecular formula is C33H30ClIN2O6S. The Morgan fingerprint density at radius 1 is 1.09 bits per heavy atom. The molecule has 0 spiro atoms. The summed E-state index contributed by atoms with van der Waals surface area (Å²) in [7, 11) is 1.57. The number of aromatic nitrogens is 1. The Bertz CT molecular complexity index is 1920. The van der Waals surface area contributed by atoms with E-state index in [4.69, 9.17) is 30.5 Å². The van der Waals surface area contributed by atoms with Gasteiger partial charge in [0.25, 0.3) is 5.56 Å². The number of allylic oxidation sites excluding steroid dienone is 1. The van der Waals surface area contributed by atoms with Crippen molar-refractivity contribution in [3.8, 4) is 17.2 Å². The van der Waals surface area contributed by atoms with E-state index in [1.165, 1.54) is 11.3 Å². The molecule has 0 bridgehead atoms. The number of hydrogen-bond acceptors (Lipinski definition) is 8. The maximum Gasteiger partial charge on any atom is 0.338 e. The highest BCUT2D eigenvalue weighted by Gasteiger charge is 2.33. The van der Waals surface area contributed by atoms with E-state index in [0.717, 1.165) is 14.7 Å². The highest BCUT2D eigenvalue weighted by molar-refractivity contribution is 14.1. The molecular weight excluding hydrogens is 715 g/mol. The van der Waals surface area contributed by atoms with E-state index in [1.54, 1.807) is 37.7 Å². The first-order valence-corrected chi connectivity index (χ1v) is 16.2. The smallest absolute Gasteiger partial charge is 0.338 e. The molecule has 44 heavy (non-hydrogen) atoms. The number of rotatable bonds is 10. The Morgan fingerprint density at radius 2 is 1.84 bits per heavy atom. The average molecular weight is 745 g/mol. The number of ether oxygens (including phenoxy) is 4. The van der Waals surface area contributed by atoms with E-state index in [1.807, 2.05) is 61.5 Å². The summed E-state index contributed by atoms with van der Waals surface area (Å²) in [4.78, 5) is 32.5. The quantitative estimate of drug-likeness (QED) is 0.145. The van der Waals surface area contributed by atoms with Gasteiger partial charge in [0.05, 0.1) is 42.2 Å².